The molecule has 3 nitrogen and oxygen atoms in total. The topological polar surface area (TPSA) is 35.5 Å². The molecular weight excluding hydrogens is 240 g/mol. The maximum absolute atomic E-state index is 11.0. The van der Waals surface area contributed by atoms with Gasteiger partial charge in [-0.25, -0.2) is 4.79 Å². The van der Waals surface area contributed by atoms with Crippen LogP contribution in [-0.2, 0) is 9.47 Å². The first kappa shape index (κ1) is 15.5. The van der Waals surface area contributed by atoms with Crippen LogP contribution in [-0.4, -0.2) is 11.8 Å². The van der Waals surface area contributed by atoms with E-state index in [0.29, 0.717) is 12.2 Å². The van der Waals surface area contributed by atoms with E-state index in [9.17, 15) is 4.79 Å². The largest absolute Gasteiger partial charge is 0.514 e. The van der Waals surface area contributed by atoms with Crippen molar-refractivity contribution in [3.63, 3.8) is 0 Å². The third-order valence-electron chi connectivity index (χ3n) is 3.31. The molecule has 0 radical (unpaired) electrons. The van der Waals surface area contributed by atoms with Crippen molar-refractivity contribution in [1.82, 2.24) is 0 Å². The van der Waals surface area contributed by atoms with E-state index in [-0.39, 0.29) is 0 Å². The van der Waals surface area contributed by atoms with Crippen LogP contribution in [0.3, 0.4) is 0 Å². The lowest BCUT2D eigenvalue weighted by Gasteiger charge is -2.19. The SMILES string of the molecule is C=C1OC(=O)OC1(C)CC/C=C(\C)CCC=C(C)C. The Bertz CT molecular complexity index is 414. The molecule has 1 saturated heterocycles. The quantitative estimate of drug-likeness (QED) is 0.505. The van der Waals surface area contributed by atoms with Gasteiger partial charge in [0.05, 0.1) is 0 Å². The van der Waals surface area contributed by atoms with E-state index < -0.39 is 11.8 Å². The minimum Gasteiger partial charge on any atom is -0.419 e. The molecule has 0 N–H and O–H groups in total. The van der Waals surface area contributed by atoms with Crippen molar-refractivity contribution in [2.45, 2.75) is 59.0 Å². The molecule has 0 aromatic heterocycles. The lowest BCUT2D eigenvalue weighted by atomic mass is 9.97. The van der Waals surface area contributed by atoms with Gasteiger partial charge in [0.1, 0.15) is 5.76 Å². The number of hydrogen-bond donors (Lipinski definition) is 0. The summed E-state index contributed by atoms with van der Waals surface area (Å²) >= 11 is 0. The molecule has 0 amide bonds. The van der Waals surface area contributed by atoms with Crippen LogP contribution in [0.1, 0.15) is 53.4 Å². The fourth-order valence-corrected chi connectivity index (χ4v) is 1.95. The van der Waals surface area contributed by atoms with E-state index in [1.807, 2.05) is 6.92 Å². The summed E-state index contributed by atoms with van der Waals surface area (Å²) in [5.74, 6) is 0.410. The molecule has 0 saturated carbocycles. The predicted molar refractivity (Wildman–Crippen MR) is 76.8 cm³/mol. The molecule has 1 atom stereocenters. The van der Waals surface area contributed by atoms with Gasteiger partial charge in [0.15, 0.2) is 5.60 Å². The molecule has 1 heterocycles. The van der Waals surface area contributed by atoms with Crippen molar-refractivity contribution in [3.05, 3.63) is 35.6 Å². The van der Waals surface area contributed by atoms with Crippen LogP contribution < -0.4 is 0 Å². The van der Waals surface area contributed by atoms with Crippen molar-refractivity contribution in [1.29, 1.82) is 0 Å². The fraction of sp³-hybridized carbons (Fsp3) is 0.562. The van der Waals surface area contributed by atoms with E-state index in [2.05, 4.69) is 39.5 Å². The van der Waals surface area contributed by atoms with E-state index in [0.717, 1.165) is 19.3 Å². The Morgan fingerprint density at radius 3 is 2.47 bits per heavy atom. The second kappa shape index (κ2) is 6.60. The van der Waals surface area contributed by atoms with E-state index >= 15 is 0 Å². The highest BCUT2D eigenvalue weighted by atomic mass is 16.8. The molecule has 3 heteroatoms. The smallest absolute Gasteiger partial charge is 0.419 e. The predicted octanol–water partition coefficient (Wildman–Crippen LogP) is 4.90. The van der Waals surface area contributed by atoms with Crippen LogP contribution in [0.5, 0.6) is 0 Å². The molecule has 19 heavy (non-hydrogen) atoms. The molecule has 0 bridgehead atoms. The van der Waals surface area contributed by atoms with Gasteiger partial charge >= 0.3 is 6.16 Å². The summed E-state index contributed by atoms with van der Waals surface area (Å²) < 4.78 is 10.00. The van der Waals surface area contributed by atoms with E-state index in [4.69, 9.17) is 9.47 Å². The first-order chi connectivity index (χ1) is 8.83. The van der Waals surface area contributed by atoms with E-state index in [1.54, 1.807) is 0 Å². The van der Waals surface area contributed by atoms with Crippen molar-refractivity contribution in [2.75, 3.05) is 0 Å². The Hall–Kier alpha value is -1.51. The fourth-order valence-electron chi connectivity index (χ4n) is 1.95. The Balaban J connectivity index is 2.38. The summed E-state index contributed by atoms with van der Waals surface area (Å²) in [4.78, 5) is 11.0. The second-order valence-corrected chi connectivity index (χ2v) is 5.52. The number of hydrogen-bond acceptors (Lipinski definition) is 3. The van der Waals surface area contributed by atoms with E-state index in [1.165, 1.54) is 11.1 Å². The van der Waals surface area contributed by atoms with Crippen molar-refractivity contribution >= 4 is 6.16 Å². The number of carbonyl (C=O) groups is 1. The van der Waals surface area contributed by atoms with Crippen molar-refractivity contribution in [2.24, 2.45) is 0 Å². The molecular formula is C16H24O3. The zero-order valence-corrected chi connectivity index (χ0v) is 12.4. The number of rotatable bonds is 6. The molecule has 1 aliphatic heterocycles. The zero-order valence-electron chi connectivity index (χ0n) is 12.4. The molecule has 1 fully saturated rings. The average molecular weight is 264 g/mol. The maximum Gasteiger partial charge on any atom is 0.514 e. The van der Waals surface area contributed by atoms with Gasteiger partial charge in [0.2, 0.25) is 0 Å². The number of ether oxygens (including phenoxy) is 2. The highest BCUT2D eigenvalue weighted by molar-refractivity contribution is 5.66. The van der Waals surface area contributed by atoms with Gasteiger partial charge < -0.3 is 9.47 Å². The van der Waals surface area contributed by atoms with Gasteiger partial charge in [0.25, 0.3) is 0 Å². The summed E-state index contributed by atoms with van der Waals surface area (Å²) in [5, 5.41) is 0. The van der Waals surface area contributed by atoms with Gasteiger partial charge in [-0.2, -0.15) is 0 Å². The number of allylic oxidation sites excluding steroid dienone is 4. The third kappa shape index (κ3) is 4.93. The first-order valence-electron chi connectivity index (χ1n) is 6.73. The first-order valence-corrected chi connectivity index (χ1v) is 6.73. The lowest BCUT2D eigenvalue weighted by Crippen LogP contribution is -2.24. The molecule has 0 aromatic carbocycles. The Morgan fingerprint density at radius 2 is 1.95 bits per heavy atom. The Labute approximate surface area is 116 Å². The highest BCUT2D eigenvalue weighted by Crippen LogP contribution is 2.33. The number of carbonyl (C=O) groups excluding carboxylic acids is 1. The summed E-state index contributed by atoms with van der Waals surface area (Å²) in [5.41, 5.74) is 2.04. The van der Waals surface area contributed by atoms with Crippen molar-refractivity contribution in [3.8, 4) is 0 Å². The monoisotopic (exact) mass is 264 g/mol. The normalized spacial score (nSPS) is 23.1. The van der Waals surface area contributed by atoms with Gasteiger partial charge in [0, 0.05) is 0 Å². The minimum absolute atomic E-state index is 0.410. The summed E-state index contributed by atoms with van der Waals surface area (Å²) in [6.45, 7) is 11.9. The molecule has 1 rings (SSSR count). The van der Waals surface area contributed by atoms with Gasteiger partial charge in [-0.05, 0) is 53.4 Å². The maximum atomic E-state index is 11.0. The van der Waals surface area contributed by atoms with Crippen LogP contribution >= 0.6 is 0 Å². The van der Waals surface area contributed by atoms with Crippen LogP contribution in [0.4, 0.5) is 4.79 Å². The highest BCUT2D eigenvalue weighted by Gasteiger charge is 2.41. The van der Waals surface area contributed by atoms with Crippen LogP contribution in [0.25, 0.3) is 0 Å². The van der Waals surface area contributed by atoms with Gasteiger partial charge in [-0.15, -0.1) is 0 Å². The van der Waals surface area contributed by atoms with Gasteiger partial charge in [-0.1, -0.05) is 29.9 Å². The second-order valence-electron chi connectivity index (χ2n) is 5.52. The minimum atomic E-state index is -0.673. The summed E-state index contributed by atoms with van der Waals surface area (Å²) in [6.07, 6.45) is 7.50. The van der Waals surface area contributed by atoms with Crippen molar-refractivity contribution < 1.29 is 14.3 Å². The van der Waals surface area contributed by atoms with Gasteiger partial charge in [-0.3, -0.25) is 0 Å². The molecule has 1 unspecified atom stereocenters. The molecule has 1 aliphatic rings. The zero-order chi connectivity index (χ0) is 14.5. The van der Waals surface area contributed by atoms with Crippen LogP contribution in [0.2, 0.25) is 0 Å². The molecule has 106 valence electrons. The Kier molecular flexibility index (Phi) is 5.40. The average Bonchev–Trinajstić information content (AvgIpc) is 2.52. The molecule has 0 spiro atoms. The molecule has 0 aliphatic carbocycles. The Morgan fingerprint density at radius 1 is 1.26 bits per heavy atom. The van der Waals surface area contributed by atoms with Crippen LogP contribution in [0.15, 0.2) is 35.6 Å². The summed E-state index contributed by atoms with van der Waals surface area (Å²) in [6, 6.07) is 0. The number of cyclic esters (lactones) is 2. The lowest BCUT2D eigenvalue weighted by molar-refractivity contribution is 0.0722. The summed E-state index contributed by atoms with van der Waals surface area (Å²) in [7, 11) is 0. The third-order valence-corrected chi connectivity index (χ3v) is 3.31. The van der Waals surface area contributed by atoms with Crippen LogP contribution in [0, 0.1) is 0 Å². The standard InChI is InChI=1S/C16H24O3/c1-12(2)8-6-9-13(3)10-7-11-16(5)14(4)18-15(17)19-16/h8,10H,4,6-7,9,11H2,1-3,5H3/b13-10+. The molecule has 0 aromatic rings.